The summed E-state index contributed by atoms with van der Waals surface area (Å²) >= 11 is 2.85. The van der Waals surface area contributed by atoms with Crippen LogP contribution in [-0.4, -0.2) is 47.3 Å². The number of carbonyl (C=O) groups excluding carboxylic acids is 2. The second-order valence-electron chi connectivity index (χ2n) is 7.57. The lowest BCUT2D eigenvalue weighted by Gasteiger charge is -2.30. The minimum atomic E-state index is -0.521. The number of carbonyl (C=O) groups is 2. The summed E-state index contributed by atoms with van der Waals surface area (Å²) in [5.74, 6) is -0.00636. The van der Waals surface area contributed by atoms with E-state index in [2.05, 4.69) is 6.92 Å². The van der Waals surface area contributed by atoms with E-state index in [1.165, 1.54) is 22.0 Å². The van der Waals surface area contributed by atoms with Crippen molar-refractivity contribution in [2.75, 3.05) is 26.0 Å². The number of amides is 1. The Morgan fingerprint density at radius 3 is 2.52 bits per heavy atom. The summed E-state index contributed by atoms with van der Waals surface area (Å²) in [6, 6.07) is 7.89. The number of nitrogens with zero attached hydrogens (tertiary/aromatic N) is 2. The van der Waals surface area contributed by atoms with Crippen molar-refractivity contribution in [1.82, 2.24) is 9.47 Å². The van der Waals surface area contributed by atoms with E-state index >= 15 is 0 Å². The molecule has 1 aromatic carbocycles. The van der Waals surface area contributed by atoms with Gasteiger partial charge in [-0.1, -0.05) is 19.1 Å². The Bertz CT molecular complexity index is 1090. The molecule has 0 spiro atoms. The Labute approximate surface area is 190 Å². The summed E-state index contributed by atoms with van der Waals surface area (Å²) < 4.78 is 7.31. The highest BCUT2D eigenvalue weighted by Gasteiger charge is 2.21. The maximum atomic E-state index is 13.1. The van der Waals surface area contributed by atoms with Crippen LogP contribution in [0.2, 0.25) is 0 Å². The van der Waals surface area contributed by atoms with Gasteiger partial charge in [0.05, 0.1) is 17.2 Å². The molecule has 0 atom stereocenters. The molecule has 3 rings (SSSR count). The van der Waals surface area contributed by atoms with E-state index in [0.29, 0.717) is 28.2 Å². The number of hydrogen-bond acceptors (Lipinski definition) is 6. The van der Waals surface area contributed by atoms with Gasteiger partial charge in [0.25, 0.3) is 5.56 Å². The minimum absolute atomic E-state index is 0.0752. The molecule has 1 saturated heterocycles. The van der Waals surface area contributed by atoms with E-state index in [0.717, 1.165) is 23.3 Å². The molecule has 1 aliphatic heterocycles. The van der Waals surface area contributed by atoms with Crippen LogP contribution in [-0.2, 0) is 20.9 Å². The van der Waals surface area contributed by atoms with E-state index in [1.807, 2.05) is 35.4 Å². The first-order valence-electron chi connectivity index (χ1n) is 10.4. The monoisotopic (exact) mass is 460 g/mol. The van der Waals surface area contributed by atoms with Crippen LogP contribution in [0.3, 0.4) is 0 Å². The zero-order chi connectivity index (χ0) is 22.4. The summed E-state index contributed by atoms with van der Waals surface area (Å²) in [6.07, 6.45) is 7.04. The highest BCUT2D eigenvalue weighted by Crippen LogP contribution is 2.16. The van der Waals surface area contributed by atoms with E-state index < -0.39 is 5.97 Å². The molecule has 1 fully saturated rings. The number of esters is 1. The number of benzene rings is 1. The Morgan fingerprint density at radius 2 is 1.90 bits per heavy atom. The van der Waals surface area contributed by atoms with Gasteiger partial charge in [0.15, 0.2) is 0 Å². The van der Waals surface area contributed by atoms with Crippen LogP contribution >= 0.6 is 23.1 Å². The van der Waals surface area contributed by atoms with E-state index in [1.54, 1.807) is 24.8 Å². The molecule has 2 heterocycles. The van der Waals surface area contributed by atoms with Gasteiger partial charge < -0.3 is 9.64 Å². The third-order valence-corrected chi connectivity index (χ3v) is 7.11. The molecule has 0 bridgehead atoms. The molecule has 166 valence electrons. The summed E-state index contributed by atoms with van der Waals surface area (Å²) in [7, 11) is 0. The predicted molar refractivity (Wildman–Crippen MR) is 126 cm³/mol. The third-order valence-electron chi connectivity index (χ3n) is 5.31. The summed E-state index contributed by atoms with van der Waals surface area (Å²) in [5, 5.41) is 0. The molecule has 0 radical (unpaired) electrons. The fourth-order valence-electron chi connectivity index (χ4n) is 3.42. The van der Waals surface area contributed by atoms with Crippen LogP contribution in [0.1, 0.15) is 32.3 Å². The van der Waals surface area contributed by atoms with Gasteiger partial charge in [0, 0.05) is 18.0 Å². The molecule has 0 unspecified atom stereocenters. The number of thioether (sulfide) groups is 1. The number of piperidine rings is 1. The highest BCUT2D eigenvalue weighted by atomic mass is 32.2. The Kier molecular flexibility index (Phi) is 8.15. The van der Waals surface area contributed by atoms with Crippen LogP contribution in [0.4, 0.5) is 0 Å². The number of likely N-dealkylation sites (tertiary alicyclic amines) is 1. The van der Waals surface area contributed by atoms with Crippen molar-refractivity contribution in [3.05, 3.63) is 49.4 Å². The first kappa shape index (κ1) is 23.3. The smallest absolute Gasteiger partial charge is 0.333 e. The lowest BCUT2D eigenvalue weighted by atomic mass is 9.99. The Balaban J connectivity index is 1.97. The fourth-order valence-corrected chi connectivity index (χ4v) is 4.86. The van der Waals surface area contributed by atoms with Gasteiger partial charge in [0.2, 0.25) is 5.91 Å². The molecule has 0 aliphatic carbocycles. The molecular weight excluding hydrogens is 432 g/mol. The van der Waals surface area contributed by atoms with Gasteiger partial charge in [-0.3, -0.25) is 14.2 Å². The normalized spacial score (nSPS) is 16.0. The predicted octanol–water partition coefficient (Wildman–Crippen LogP) is 2.06. The zero-order valence-corrected chi connectivity index (χ0v) is 19.8. The largest absolute Gasteiger partial charge is 0.463 e. The number of thiazole rings is 1. The molecule has 31 heavy (non-hydrogen) atoms. The van der Waals surface area contributed by atoms with Crippen LogP contribution in [0.15, 0.2) is 34.0 Å². The molecule has 1 aromatic heterocycles. The Morgan fingerprint density at radius 1 is 1.23 bits per heavy atom. The van der Waals surface area contributed by atoms with E-state index in [4.69, 9.17) is 4.74 Å². The summed E-state index contributed by atoms with van der Waals surface area (Å²) in [5.41, 5.74) is 0.621. The summed E-state index contributed by atoms with van der Waals surface area (Å²) in [6.45, 7) is 5.50. The van der Waals surface area contributed by atoms with Gasteiger partial charge in [-0.2, -0.15) is 0 Å². The SMILES string of the molecule is CCOC(=O)/C=c1\s/c(=C/c2ccc(SC)cc2)c(=O)n1CC(=O)N1CCC(C)CC1. The second kappa shape index (κ2) is 10.8. The molecule has 0 N–H and O–H groups in total. The van der Waals surface area contributed by atoms with Crippen LogP contribution in [0.5, 0.6) is 0 Å². The van der Waals surface area contributed by atoms with E-state index in [-0.39, 0.29) is 24.6 Å². The van der Waals surface area contributed by atoms with Crippen molar-refractivity contribution in [3.8, 4) is 0 Å². The number of hydrogen-bond donors (Lipinski definition) is 0. The standard InChI is InChI=1S/C23H28N2O4S2/c1-4-29-22(27)14-21-25(15-20(26)24-11-9-16(2)10-12-24)23(28)19(31-21)13-17-5-7-18(30-3)8-6-17/h5-8,13-14,16H,4,9-12,15H2,1-3H3/b19-13+,21-14-. The van der Waals surface area contributed by atoms with E-state index in [9.17, 15) is 14.4 Å². The Hall–Kier alpha value is -2.32. The topological polar surface area (TPSA) is 68.6 Å². The number of ether oxygens (including phenoxy) is 1. The van der Waals surface area contributed by atoms with Gasteiger partial charge >= 0.3 is 5.97 Å². The van der Waals surface area contributed by atoms with Crippen LogP contribution in [0, 0.1) is 5.92 Å². The molecule has 6 nitrogen and oxygen atoms in total. The van der Waals surface area contributed by atoms with Crippen molar-refractivity contribution in [2.24, 2.45) is 5.92 Å². The van der Waals surface area contributed by atoms with Gasteiger partial charge in [0.1, 0.15) is 11.2 Å². The first-order chi connectivity index (χ1) is 14.9. The minimum Gasteiger partial charge on any atom is -0.463 e. The lowest BCUT2D eigenvalue weighted by molar-refractivity contribution is -0.136. The average molecular weight is 461 g/mol. The molecule has 1 amide bonds. The van der Waals surface area contributed by atoms with Crippen molar-refractivity contribution in [2.45, 2.75) is 38.1 Å². The molecule has 8 heteroatoms. The molecular formula is C23H28N2O4S2. The molecule has 1 aliphatic rings. The van der Waals surface area contributed by atoms with Crippen molar-refractivity contribution in [1.29, 1.82) is 0 Å². The second-order valence-corrected chi connectivity index (χ2v) is 9.51. The van der Waals surface area contributed by atoms with Crippen molar-refractivity contribution >= 4 is 47.1 Å². The average Bonchev–Trinajstić information content (AvgIpc) is 3.03. The van der Waals surface area contributed by atoms with Crippen LogP contribution in [0.25, 0.3) is 12.2 Å². The van der Waals surface area contributed by atoms with Gasteiger partial charge in [-0.05, 0) is 55.7 Å². The molecule has 0 saturated carbocycles. The number of aromatic nitrogens is 1. The van der Waals surface area contributed by atoms with Crippen molar-refractivity contribution in [3.63, 3.8) is 0 Å². The quantitative estimate of drug-likeness (QED) is 0.488. The van der Waals surface area contributed by atoms with Gasteiger partial charge in [-0.25, -0.2) is 4.79 Å². The van der Waals surface area contributed by atoms with Crippen LogP contribution < -0.4 is 14.8 Å². The first-order valence-corrected chi connectivity index (χ1v) is 12.5. The fraction of sp³-hybridized carbons (Fsp3) is 0.435. The van der Waals surface area contributed by atoms with Crippen molar-refractivity contribution < 1.29 is 14.3 Å². The number of rotatable bonds is 6. The lowest BCUT2D eigenvalue weighted by Crippen LogP contribution is -2.43. The third kappa shape index (κ3) is 6.11. The highest BCUT2D eigenvalue weighted by molar-refractivity contribution is 7.98. The van der Waals surface area contributed by atoms with Gasteiger partial charge in [-0.15, -0.1) is 23.1 Å². The summed E-state index contributed by atoms with van der Waals surface area (Å²) in [4.78, 5) is 41.0. The zero-order valence-electron chi connectivity index (χ0n) is 18.1. The maximum Gasteiger partial charge on any atom is 0.333 e. The maximum absolute atomic E-state index is 13.1. The molecule has 2 aromatic rings.